The van der Waals surface area contributed by atoms with Gasteiger partial charge in [-0.2, -0.15) is 0 Å². The van der Waals surface area contributed by atoms with Gasteiger partial charge in [-0.05, 0) is 40.8 Å². The molecule has 0 bridgehead atoms. The predicted octanol–water partition coefficient (Wildman–Crippen LogP) is -3.45. The van der Waals surface area contributed by atoms with Gasteiger partial charge < -0.3 is 24.6 Å². The Hall–Kier alpha value is -0.900. The van der Waals surface area contributed by atoms with Crippen molar-refractivity contribution in [3.63, 3.8) is 0 Å². The van der Waals surface area contributed by atoms with Crippen molar-refractivity contribution >= 4 is 19.3 Å². The van der Waals surface area contributed by atoms with E-state index in [4.69, 9.17) is 18.5 Å². The molecule has 0 spiro atoms. The van der Waals surface area contributed by atoms with E-state index in [9.17, 15) is 19.7 Å². The van der Waals surface area contributed by atoms with Gasteiger partial charge >= 0.3 is 37.4 Å². The van der Waals surface area contributed by atoms with Gasteiger partial charge in [-0.25, -0.2) is 4.57 Å². The molecule has 25 heavy (non-hydrogen) atoms. The molecule has 1 saturated heterocycles. The molecule has 0 radical (unpaired) electrons. The Morgan fingerprint density at radius 3 is 2.52 bits per heavy atom. The molecule has 3 aliphatic heterocycles. The first kappa shape index (κ1) is 17.5. The Morgan fingerprint density at radius 1 is 1.16 bits per heavy atom. The molecule has 2 N–H and O–H groups in total. The summed E-state index contributed by atoms with van der Waals surface area (Å²) in [5.41, 5.74) is 1.38. The second-order valence-electron chi connectivity index (χ2n) is 5.85. The molecule has 11 heteroatoms. The van der Waals surface area contributed by atoms with Crippen molar-refractivity contribution in [3.05, 3.63) is 29.3 Å². The van der Waals surface area contributed by atoms with Crippen LogP contribution < -0.4 is 44.1 Å². The minimum absolute atomic E-state index is 0. The topological polar surface area (TPSA) is 130 Å². The first-order valence-corrected chi connectivity index (χ1v) is 8.71. The maximum absolute atomic E-state index is 12.4. The Kier molecular flexibility index (Phi) is 4.06. The molecule has 5 rings (SSSR count). The number of benzene rings is 1. The standard InChI is InChI=1S/C14H12NO8P.Na/c16-8-1-6-5-2-9-10(21-4-20-9)3-7(5)14(17)15-11(6)13-12(8)22-24(18,19)23-13;/h1-3,8,11-13,16H,4H2,(H,15,17)(H,18,19);/q;+1/p-1/t8-,11+,12+,13-;/m0./s1. The van der Waals surface area contributed by atoms with Gasteiger partial charge in [-0.3, -0.25) is 14.0 Å². The van der Waals surface area contributed by atoms with Crippen LogP contribution >= 0.6 is 7.82 Å². The van der Waals surface area contributed by atoms with Crippen LogP contribution in [0.1, 0.15) is 11.1 Å². The summed E-state index contributed by atoms with van der Waals surface area (Å²) in [6, 6.07) is 2.36. The van der Waals surface area contributed by atoms with E-state index in [0.717, 1.165) is 0 Å². The van der Waals surface area contributed by atoms with E-state index in [1.165, 1.54) is 6.08 Å². The van der Waals surface area contributed by atoms with E-state index in [0.29, 0.717) is 28.2 Å². The fourth-order valence-corrected chi connectivity index (χ4v) is 4.59. The van der Waals surface area contributed by atoms with Gasteiger partial charge in [0.15, 0.2) is 11.5 Å². The third-order valence-corrected chi connectivity index (χ3v) is 5.48. The van der Waals surface area contributed by atoms with E-state index >= 15 is 0 Å². The Bertz CT molecular complexity index is 871. The summed E-state index contributed by atoms with van der Waals surface area (Å²) < 4.78 is 32.2. The summed E-state index contributed by atoms with van der Waals surface area (Å²) in [5, 5.41) is 22.6. The average molecular weight is 375 g/mol. The van der Waals surface area contributed by atoms with E-state index in [-0.39, 0.29) is 36.4 Å². The van der Waals surface area contributed by atoms with Crippen LogP contribution in [0, 0.1) is 0 Å². The SMILES string of the molecule is O=P1(O)O[C@@H]2[C@H](O1)[C@@H](O)C=C1c3cc4c(cc3C([O-])=N[C@H]12)OCO4.[Na+]. The van der Waals surface area contributed by atoms with Crippen molar-refractivity contribution in [2.75, 3.05) is 6.79 Å². The number of phosphoric acid groups is 1. The van der Waals surface area contributed by atoms with Crippen molar-refractivity contribution in [2.24, 2.45) is 4.99 Å². The molecule has 3 heterocycles. The van der Waals surface area contributed by atoms with Crippen molar-refractivity contribution in [3.8, 4) is 11.5 Å². The van der Waals surface area contributed by atoms with Crippen molar-refractivity contribution in [1.82, 2.24) is 0 Å². The third-order valence-electron chi connectivity index (χ3n) is 4.46. The Labute approximate surface area is 163 Å². The number of ether oxygens (including phenoxy) is 2. The van der Waals surface area contributed by atoms with Crippen LogP contribution in [0.3, 0.4) is 0 Å². The van der Waals surface area contributed by atoms with E-state index in [1.807, 2.05) is 0 Å². The van der Waals surface area contributed by atoms with E-state index in [1.54, 1.807) is 12.1 Å². The molecule has 1 unspecified atom stereocenters. The molecule has 0 amide bonds. The first-order chi connectivity index (χ1) is 11.4. The van der Waals surface area contributed by atoms with Crippen LogP contribution in [0.5, 0.6) is 11.5 Å². The zero-order valence-corrected chi connectivity index (χ0v) is 15.9. The number of rotatable bonds is 0. The van der Waals surface area contributed by atoms with Crippen LogP contribution in [0.15, 0.2) is 23.2 Å². The number of hydrogen-bond acceptors (Lipinski definition) is 8. The van der Waals surface area contributed by atoms with Crippen LogP contribution in [-0.2, 0) is 13.6 Å². The summed E-state index contributed by atoms with van der Waals surface area (Å²) in [6.07, 6.45) is -1.76. The molecule has 0 saturated carbocycles. The minimum Gasteiger partial charge on any atom is -0.858 e. The fraction of sp³-hybridized carbons (Fsp3) is 0.357. The number of aliphatic imine (C=N–C) groups is 1. The zero-order valence-electron chi connectivity index (χ0n) is 13.0. The molecule has 5 atom stereocenters. The van der Waals surface area contributed by atoms with Gasteiger partial charge in [0.05, 0.1) is 0 Å². The number of aliphatic hydroxyl groups is 1. The monoisotopic (exact) mass is 375 g/mol. The molecule has 126 valence electrons. The quantitative estimate of drug-likeness (QED) is 0.354. The molecule has 4 aliphatic rings. The zero-order chi connectivity index (χ0) is 16.6. The second kappa shape index (κ2) is 5.80. The fourth-order valence-electron chi connectivity index (χ4n) is 3.45. The summed E-state index contributed by atoms with van der Waals surface area (Å²) in [4.78, 5) is 13.6. The Balaban J connectivity index is 0.00000157. The van der Waals surface area contributed by atoms with Crippen LogP contribution in [-0.4, -0.2) is 47.0 Å². The normalized spacial score (nSPS) is 37.2. The maximum atomic E-state index is 12.4. The summed E-state index contributed by atoms with van der Waals surface area (Å²) in [7, 11) is -4.28. The third kappa shape index (κ3) is 2.58. The van der Waals surface area contributed by atoms with Crippen molar-refractivity contribution in [1.29, 1.82) is 0 Å². The average Bonchev–Trinajstić information content (AvgIpc) is 3.10. The number of fused-ring (bicyclic) bond motifs is 6. The molecule has 1 aromatic carbocycles. The molecule has 0 aromatic heterocycles. The van der Waals surface area contributed by atoms with Crippen LogP contribution in [0.25, 0.3) is 5.57 Å². The molecule has 1 fully saturated rings. The Morgan fingerprint density at radius 2 is 1.80 bits per heavy atom. The van der Waals surface area contributed by atoms with Gasteiger partial charge in [0.2, 0.25) is 6.79 Å². The van der Waals surface area contributed by atoms with Gasteiger partial charge in [0.1, 0.15) is 24.4 Å². The van der Waals surface area contributed by atoms with E-state index in [2.05, 4.69) is 4.99 Å². The van der Waals surface area contributed by atoms with Crippen LogP contribution in [0.2, 0.25) is 0 Å². The molecule has 1 aromatic rings. The van der Waals surface area contributed by atoms with Gasteiger partial charge in [-0.1, -0.05) is 0 Å². The second-order valence-corrected chi connectivity index (χ2v) is 7.21. The van der Waals surface area contributed by atoms with Crippen LogP contribution in [0.4, 0.5) is 0 Å². The molecule has 1 aliphatic carbocycles. The van der Waals surface area contributed by atoms with Gasteiger partial charge in [0, 0.05) is 0 Å². The van der Waals surface area contributed by atoms with Crippen molar-refractivity contribution in [2.45, 2.75) is 24.4 Å². The predicted molar refractivity (Wildman–Crippen MR) is 76.4 cm³/mol. The first-order valence-electron chi connectivity index (χ1n) is 7.21. The number of phosphoric ester groups is 1. The van der Waals surface area contributed by atoms with E-state index < -0.39 is 38.1 Å². The molecular weight excluding hydrogens is 364 g/mol. The van der Waals surface area contributed by atoms with Gasteiger partial charge in [0.25, 0.3) is 0 Å². The molecule has 9 nitrogen and oxygen atoms in total. The summed E-state index contributed by atoms with van der Waals surface area (Å²) in [5.74, 6) is 0.436. The minimum atomic E-state index is -4.28. The number of hydrogen-bond donors (Lipinski definition) is 2. The molecular formula is C14H11NNaO8P. The van der Waals surface area contributed by atoms with Crippen molar-refractivity contribution < 1.29 is 67.8 Å². The maximum Gasteiger partial charge on any atom is 1.00 e. The number of aliphatic hydroxyl groups excluding tert-OH is 1. The summed E-state index contributed by atoms with van der Waals surface area (Å²) in [6.45, 7) is 0.0595. The number of nitrogens with zero attached hydrogens (tertiary/aromatic N) is 1. The van der Waals surface area contributed by atoms with Gasteiger partial charge in [-0.15, -0.1) is 0 Å². The smallest absolute Gasteiger partial charge is 0.858 e. The summed E-state index contributed by atoms with van der Waals surface area (Å²) >= 11 is 0. The largest absolute Gasteiger partial charge is 1.00 e.